The van der Waals surface area contributed by atoms with Gasteiger partial charge in [-0.2, -0.15) is 0 Å². The molecule has 1 aromatic carbocycles. The fourth-order valence-corrected chi connectivity index (χ4v) is 3.95. The summed E-state index contributed by atoms with van der Waals surface area (Å²) < 4.78 is 25.4. The molecule has 0 saturated carbocycles. The molecule has 1 amide bonds. The summed E-state index contributed by atoms with van der Waals surface area (Å²) in [6, 6.07) is 8.72. The first kappa shape index (κ1) is 18.7. The molecule has 2 fully saturated rings. The van der Waals surface area contributed by atoms with Gasteiger partial charge in [-0.1, -0.05) is 6.07 Å². The van der Waals surface area contributed by atoms with Gasteiger partial charge in [0.2, 0.25) is 0 Å². The van der Waals surface area contributed by atoms with Crippen LogP contribution in [0.3, 0.4) is 0 Å². The number of benzene rings is 1. The number of carbonyl (C=O) groups is 1. The van der Waals surface area contributed by atoms with Crippen molar-refractivity contribution >= 4 is 23.0 Å². The standard InChI is InChI=1S/C21H24F2N4O/c22-20(23)16-9-8-15(14-24-16)21(28)25-19-17(26-10-1-2-11-26)6-5-7-18(19)27-12-3-4-13-27/h5-9,14,20H,1-4,10-13H2,(H,25,28). The first-order valence-electron chi connectivity index (χ1n) is 9.82. The lowest BCUT2D eigenvalue weighted by Crippen LogP contribution is -2.25. The second kappa shape index (κ2) is 8.12. The minimum absolute atomic E-state index is 0.271. The Labute approximate surface area is 163 Å². The second-order valence-corrected chi connectivity index (χ2v) is 7.29. The van der Waals surface area contributed by atoms with Crippen molar-refractivity contribution in [2.45, 2.75) is 32.1 Å². The van der Waals surface area contributed by atoms with Crippen molar-refractivity contribution in [1.82, 2.24) is 4.98 Å². The maximum atomic E-state index is 12.9. The molecular formula is C21H24F2N4O. The van der Waals surface area contributed by atoms with Crippen LogP contribution in [0.5, 0.6) is 0 Å². The van der Waals surface area contributed by atoms with E-state index in [0.717, 1.165) is 68.9 Å². The Hall–Kier alpha value is -2.70. The highest BCUT2D eigenvalue weighted by Gasteiger charge is 2.24. The van der Waals surface area contributed by atoms with E-state index >= 15 is 0 Å². The van der Waals surface area contributed by atoms with Crippen molar-refractivity contribution in [2.75, 3.05) is 41.3 Å². The first-order valence-corrected chi connectivity index (χ1v) is 9.82. The van der Waals surface area contributed by atoms with Gasteiger partial charge in [-0.05, 0) is 49.9 Å². The molecule has 1 aromatic heterocycles. The van der Waals surface area contributed by atoms with Crippen LogP contribution in [0, 0.1) is 0 Å². The minimum atomic E-state index is -2.64. The van der Waals surface area contributed by atoms with Crippen molar-refractivity contribution in [3.63, 3.8) is 0 Å². The Morgan fingerprint density at radius 3 is 1.96 bits per heavy atom. The number of hydrogen-bond acceptors (Lipinski definition) is 4. The maximum absolute atomic E-state index is 12.9. The van der Waals surface area contributed by atoms with Crippen LogP contribution in [-0.4, -0.2) is 37.1 Å². The molecule has 4 rings (SSSR count). The van der Waals surface area contributed by atoms with Crippen molar-refractivity contribution in [2.24, 2.45) is 0 Å². The average molecular weight is 386 g/mol. The zero-order chi connectivity index (χ0) is 19.5. The summed E-state index contributed by atoms with van der Waals surface area (Å²) in [6.45, 7) is 3.88. The summed E-state index contributed by atoms with van der Waals surface area (Å²) in [4.78, 5) is 21.2. The highest BCUT2D eigenvalue weighted by Crippen LogP contribution is 2.38. The van der Waals surface area contributed by atoms with Crippen LogP contribution < -0.4 is 15.1 Å². The molecule has 3 heterocycles. The Bertz CT molecular complexity index is 795. The number of halogens is 2. The zero-order valence-electron chi connectivity index (χ0n) is 15.7. The van der Waals surface area contributed by atoms with Gasteiger partial charge < -0.3 is 15.1 Å². The predicted molar refractivity (Wildman–Crippen MR) is 106 cm³/mol. The van der Waals surface area contributed by atoms with Crippen LogP contribution >= 0.6 is 0 Å². The number of hydrogen-bond donors (Lipinski definition) is 1. The van der Waals surface area contributed by atoms with Crippen molar-refractivity contribution < 1.29 is 13.6 Å². The van der Waals surface area contributed by atoms with Crippen LogP contribution in [0.1, 0.15) is 48.2 Å². The quantitative estimate of drug-likeness (QED) is 0.824. The Morgan fingerprint density at radius 1 is 0.929 bits per heavy atom. The molecule has 0 unspecified atom stereocenters. The molecule has 2 aromatic rings. The van der Waals surface area contributed by atoms with Gasteiger partial charge in [0.05, 0.1) is 22.6 Å². The fraction of sp³-hybridized carbons (Fsp3) is 0.429. The summed E-state index contributed by atoms with van der Waals surface area (Å²) in [5, 5.41) is 3.05. The molecule has 5 nitrogen and oxygen atoms in total. The smallest absolute Gasteiger partial charge is 0.280 e. The topological polar surface area (TPSA) is 48.5 Å². The number of amides is 1. The third-order valence-electron chi connectivity index (χ3n) is 5.42. The number of carbonyl (C=O) groups excluding carboxylic acids is 1. The molecule has 0 aliphatic carbocycles. The number of pyridine rings is 1. The van der Waals surface area contributed by atoms with Gasteiger partial charge in [-0.15, -0.1) is 0 Å². The van der Waals surface area contributed by atoms with Gasteiger partial charge in [0, 0.05) is 32.4 Å². The number of anilines is 3. The highest BCUT2D eigenvalue weighted by atomic mass is 19.3. The molecule has 7 heteroatoms. The van der Waals surface area contributed by atoms with E-state index in [-0.39, 0.29) is 17.2 Å². The van der Waals surface area contributed by atoms with Crippen molar-refractivity contribution in [3.8, 4) is 0 Å². The predicted octanol–water partition coefficient (Wildman–Crippen LogP) is 4.47. The van der Waals surface area contributed by atoms with Gasteiger partial charge in [0.1, 0.15) is 5.69 Å². The largest absolute Gasteiger partial charge is 0.370 e. The number of nitrogens with zero attached hydrogens (tertiary/aromatic N) is 3. The van der Waals surface area contributed by atoms with E-state index in [4.69, 9.17) is 0 Å². The summed E-state index contributed by atoms with van der Waals surface area (Å²) in [5.74, 6) is -0.333. The highest BCUT2D eigenvalue weighted by molar-refractivity contribution is 6.08. The number of aromatic nitrogens is 1. The molecule has 2 saturated heterocycles. The SMILES string of the molecule is O=C(Nc1c(N2CCCC2)cccc1N1CCCC1)c1ccc(C(F)F)nc1. The minimum Gasteiger partial charge on any atom is -0.370 e. The van der Waals surface area contributed by atoms with Crippen LogP contribution in [0.4, 0.5) is 25.8 Å². The number of para-hydroxylation sites is 1. The molecule has 148 valence electrons. The van der Waals surface area contributed by atoms with Crippen molar-refractivity contribution in [1.29, 1.82) is 0 Å². The van der Waals surface area contributed by atoms with Gasteiger partial charge in [0.25, 0.3) is 12.3 Å². The van der Waals surface area contributed by atoms with E-state index in [1.807, 2.05) is 18.2 Å². The summed E-state index contributed by atoms with van der Waals surface area (Å²) in [5.41, 5.74) is 2.79. The lowest BCUT2D eigenvalue weighted by atomic mass is 10.1. The normalized spacial score (nSPS) is 16.8. The molecule has 0 atom stereocenters. The zero-order valence-corrected chi connectivity index (χ0v) is 15.7. The van der Waals surface area contributed by atoms with Crippen LogP contribution in [0.25, 0.3) is 0 Å². The van der Waals surface area contributed by atoms with E-state index in [0.29, 0.717) is 0 Å². The Morgan fingerprint density at radius 2 is 1.50 bits per heavy atom. The van der Waals surface area contributed by atoms with Gasteiger partial charge in [-0.25, -0.2) is 8.78 Å². The molecule has 1 N–H and O–H groups in total. The molecule has 2 aliphatic heterocycles. The van der Waals surface area contributed by atoms with E-state index in [9.17, 15) is 13.6 Å². The van der Waals surface area contributed by atoms with E-state index < -0.39 is 6.43 Å². The van der Waals surface area contributed by atoms with E-state index in [1.54, 1.807) is 0 Å². The second-order valence-electron chi connectivity index (χ2n) is 7.29. The summed E-state index contributed by atoms with van der Waals surface area (Å²) in [7, 11) is 0. The Balaban J connectivity index is 1.65. The lowest BCUT2D eigenvalue weighted by molar-refractivity contribution is 0.102. The maximum Gasteiger partial charge on any atom is 0.280 e. The molecule has 0 radical (unpaired) electrons. The summed E-state index contributed by atoms with van der Waals surface area (Å²) >= 11 is 0. The number of rotatable bonds is 5. The monoisotopic (exact) mass is 386 g/mol. The van der Waals surface area contributed by atoms with Crippen molar-refractivity contribution in [3.05, 3.63) is 47.8 Å². The third kappa shape index (κ3) is 3.79. The number of nitrogens with one attached hydrogen (secondary N) is 1. The van der Waals surface area contributed by atoms with Crippen LogP contribution in [-0.2, 0) is 0 Å². The fourth-order valence-electron chi connectivity index (χ4n) is 3.95. The molecule has 2 aliphatic rings. The van der Waals surface area contributed by atoms with Gasteiger partial charge in [0.15, 0.2) is 0 Å². The summed E-state index contributed by atoms with van der Waals surface area (Å²) in [6.07, 6.45) is 3.13. The average Bonchev–Trinajstić information content (AvgIpc) is 3.42. The molecule has 28 heavy (non-hydrogen) atoms. The lowest BCUT2D eigenvalue weighted by Gasteiger charge is -2.27. The Kier molecular flexibility index (Phi) is 5.41. The first-order chi connectivity index (χ1) is 13.6. The van der Waals surface area contributed by atoms with Gasteiger partial charge in [-0.3, -0.25) is 9.78 Å². The number of alkyl halides is 2. The molecule has 0 spiro atoms. The third-order valence-corrected chi connectivity index (χ3v) is 5.42. The van der Waals surface area contributed by atoms with E-state index in [2.05, 4.69) is 20.1 Å². The van der Waals surface area contributed by atoms with Gasteiger partial charge >= 0.3 is 0 Å². The molecule has 0 bridgehead atoms. The molecular weight excluding hydrogens is 362 g/mol. The van der Waals surface area contributed by atoms with E-state index in [1.165, 1.54) is 18.3 Å². The van der Waals surface area contributed by atoms with Crippen LogP contribution in [0.2, 0.25) is 0 Å². The van der Waals surface area contributed by atoms with Crippen LogP contribution in [0.15, 0.2) is 36.5 Å².